The molecule has 2 N–H and O–H groups in total. The van der Waals surface area contributed by atoms with Crippen molar-refractivity contribution < 1.29 is 4.79 Å². The van der Waals surface area contributed by atoms with Gasteiger partial charge in [-0.15, -0.1) is 24.0 Å². The Bertz CT molecular complexity index is 667. The Morgan fingerprint density at radius 2 is 1.84 bits per heavy atom. The molecule has 2 rings (SSSR count). The molecule has 0 spiro atoms. The van der Waals surface area contributed by atoms with E-state index in [0.29, 0.717) is 18.5 Å². The van der Waals surface area contributed by atoms with Crippen LogP contribution in [0.15, 0.2) is 29.3 Å². The van der Waals surface area contributed by atoms with Crippen molar-refractivity contribution >= 4 is 35.8 Å². The quantitative estimate of drug-likeness (QED) is 0.217. The molecule has 0 atom stereocenters. The average Bonchev–Trinajstić information content (AvgIpc) is 2.73. The molecule has 0 aromatic heterocycles. The summed E-state index contributed by atoms with van der Waals surface area (Å²) in [6.45, 7) is 10.6. The number of likely N-dealkylation sites (tertiary alicyclic amines) is 1. The Morgan fingerprint density at radius 1 is 1.19 bits per heavy atom. The van der Waals surface area contributed by atoms with Gasteiger partial charge in [0.25, 0.3) is 0 Å². The molecule has 1 heterocycles. The second-order valence-electron chi connectivity index (χ2n) is 8.74. The summed E-state index contributed by atoms with van der Waals surface area (Å²) >= 11 is 0. The highest BCUT2D eigenvalue weighted by Gasteiger charge is 2.21. The number of nitrogens with zero attached hydrogens (tertiary/aromatic N) is 3. The number of aliphatic imine (C=N–C) groups is 1. The van der Waals surface area contributed by atoms with E-state index in [1.54, 1.807) is 4.90 Å². The Labute approximate surface area is 206 Å². The zero-order valence-corrected chi connectivity index (χ0v) is 22.3. The fraction of sp³-hybridized carbons (Fsp3) is 0.667. The van der Waals surface area contributed by atoms with E-state index in [1.165, 1.54) is 11.1 Å². The second-order valence-corrected chi connectivity index (χ2v) is 8.74. The van der Waals surface area contributed by atoms with E-state index in [4.69, 9.17) is 4.99 Å². The number of carbonyl (C=O) groups is 1. The van der Waals surface area contributed by atoms with Gasteiger partial charge in [0.1, 0.15) is 0 Å². The molecule has 6 nitrogen and oxygen atoms in total. The van der Waals surface area contributed by atoms with Gasteiger partial charge in [-0.3, -0.25) is 14.7 Å². The summed E-state index contributed by atoms with van der Waals surface area (Å²) in [7, 11) is 3.63. The molecular formula is C24H42IN5O. The molecule has 0 aliphatic carbocycles. The molecule has 1 aliphatic rings. The van der Waals surface area contributed by atoms with E-state index >= 15 is 0 Å². The number of piperidine rings is 1. The van der Waals surface area contributed by atoms with Crippen molar-refractivity contribution in [3.8, 4) is 0 Å². The van der Waals surface area contributed by atoms with Crippen LogP contribution in [0.25, 0.3) is 0 Å². The number of hydrogen-bond acceptors (Lipinski definition) is 3. The second kappa shape index (κ2) is 14.7. The number of carbonyl (C=O) groups excluding carboxylic acids is 1. The molecule has 1 amide bonds. The third-order valence-electron chi connectivity index (χ3n) is 5.67. The van der Waals surface area contributed by atoms with Crippen molar-refractivity contribution in [2.75, 3.05) is 46.8 Å². The summed E-state index contributed by atoms with van der Waals surface area (Å²) in [5.74, 6) is 1.67. The van der Waals surface area contributed by atoms with Crippen LogP contribution in [0, 0.1) is 0 Å². The summed E-state index contributed by atoms with van der Waals surface area (Å²) in [6.07, 6.45) is 4.17. The third kappa shape index (κ3) is 10.2. The van der Waals surface area contributed by atoms with E-state index in [1.807, 2.05) is 14.1 Å². The normalized spacial score (nSPS) is 15.5. The minimum absolute atomic E-state index is 0. The monoisotopic (exact) mass is 543 g/mol. The molecule has 1 saturated heterocycles. The Hall–Kier alpha value is -1.35. The number of guanidine groups is 1. The number of likely N-dealkylation sites (N-methyl/N-ethyl adjacent to an activating group) is 1. The Balaban J connectivity index is 0.00000480. The zero-order chi connectivity index (χ0) is 21.9. The van der Waals surface area contributed by atoms with E-state index < -0.39 is 0 Å². The van der Waals surface area contributed by atoms with Gasteiger partial charge in [-0.05, 0) is 49.7 Å². The fourth-order valence-electron chi connectivity index (χ4n) is 3.62. The number of nitrogens with one attached hydrogen (secondary N) is 2. The van der Waals surface area contributed by atoms with Gasteiger partial charge in [0.15, 0.2) is 5.96 Å². The standard InChI is InChI=1S/C24H41N5O.HI/c1-6-25-24(26-15-7-8-20-9-11-21(12-10-20)19(2)3)27-22-13-16-29(17-14-22)18-23(30)28(4)5;/h9-12,19,22H,6-8,13-18H2,1-5H3,(H2,25,26,27);1H. The highest BCUT2D eigenvalue weighted by Crippen LogP contribution is 2.15. The van der Waals surface area contributed by atoms with Gasteiger partial charge in [0.05, 0.1) is 6.54 Å². The number of halogens is 1. The van der Waals surface area contributed by atoms with Gasteiger partial charge in [0, 0.05) is 46.3 Å². The van der Waals surface area contributed by atoms with Crippen molar-refractivity contribution in [1.29, 1.82) is 0 Å². The van der Waals surface area contributed by atoms with Crippen LogP contribution in [-0.2, 0) is 11.2 Å². The lowest BCUT2D eigenvalue weighted by atomic mass is 10.0. The van der Waals surface area contributed by atoms with Crippen LogP contribution in [0.4, 0.5) is 0 Å². The molecule has 0 bridgehead atoms. The number of amides is 1. The van der Waals surface area contributed by atoms with E-state index in [0.717, 1.165) is 57.8 Å². The first kappa shape index (κ1) is 27.7. The van der Waals surface area contributed by atoms with Gasteiger partial charge in [0.2, 0.25) is 5.91 Å². The lowest BCUT2D eigenvalue weighted by Crippen LogP contribution is -2.50. The molecular weight excluding hydrogens is 501 g/mol. The predicted molar refractivity (Wildman–Crippen MR) is 142 cm³/mol. The van der Waals surface area contributed by atoms with Crippen molar-refractivity contribution in [2.45, 2.75) is 58.4 Å². The summed E-state index contributed by atoms with van der Waals surface area (Å²) < 4.78 is 0. The van der Waals surface area contributed by atoms with Gasteiger partial charge >= 0.3 is 0 Å². The SMILES string of the molecule is CCNC(=NCCCc1ccc(C(C)C)cc1)NC1CCN(CC(=O)N(C)C)CC1.I. The van der Waals surface area contributed by atoms with Crippen LogP contribution in [0.5, 0.6) is 0 Å². The first-order valence-electron chi connectivity index (χ1n) is 11.4. The molecule has 0 unspecified atom stereocenters. The van der Waals surface area contributed by atoms with Gasteiger partial charge < -0.3 is 15.5 Å². The molecule has 176 valence electrons. The minimum atomic E-state index is 0. The lowest BCUT2D eigenvalue weighted by molar-refractivity contribution is -0.130. The third-order valence-corrected chi connectivity index (χ3v) is 5.67. The summed E-state index contributed by atoms with van der Waals surface area (Å²) in [6, 6.07) is 9.40. The maximum atomic E-state index is 11.9. The predicted octanol–water partition coefficient (Wildman–Crippen LogP) is 3.47. The van der Waals surface area contributed by atoms with Crippen molar-refractivity contribution in [2.24, 2.45) is 4.99 Å². The van der Waals surface area contributed by atoms with E-state index in [2.05, 4.69) is 60.6 Å². The largest absolute Gasteiger partial charge is 0.357 e. The van der Waals surface area contributed by atoms with Crippen LogP contribution in [-0.4, -0.2) is 74.5 Å². The Morgan fingerprint density at radius 3 is 2.39 bits per heavy atom. The fourth-order valence-corrected chi connectivity index (χ4v) is 3.62. The van der Waals surface area contributed by atoms with Crippen molar-refractivity contribution in [1.82, 2.24) is 20.4 Å². The van der Waals surface area contributed by atoms with Crippen LogP contribution < -0.4 is 10.6 Å². The molecule has 31 heavy (non-hydrogen) atoms. The lowest BCUT2D eigenvalue weighted by Gasteiger charge is -2.33. The van der Waals surface area contributed by atoms with Gasteiger partial charge in [-0.25, -0.2) is 0 Å². The molecule has 1 aliphatic heterocycles. The van der Waals surface area contributed by atoms with Crippen LogP contribution in [0.3, 0.4) is 0 Å². The smallest absolute Gasteiger partial charge is 0.236 e. The number of hydrogen-bond donors (Lipinski definition) is 2. The molecule has 1 aromatic rings. The molecule has 0 radical (unpaired) electrons. The van der Waals surface area contributed by atoms with E-state index in [9.17, 15) is 4.79 Å². The minimum Gasteiger partial charge on any atom is -0.357 e. The average molecular weight is 544 g/mol. The maximum absolute atomic E-state index is 11.9. The number of benzene rings is 1. The number of aryl methyl sites for hydroxylation is 1. The van der Waals surface area contributed by atoms with Crippen LogP contribution >= 0.6 is 24.0 Å². The van der Waals surface area contributed by atoms with Crippen LogP contribution in [0.2, 0.25) is 0 Å². The molecule has 7 heteroatoms. The van der Waals surface area contributed by atoms with Crippen molar-refractivity contribution in [3.63, 3.8) is 0 Å². The Kier molecular flexibility index (Phi) is 13.1. The summed E-state index contributed by atoms with van der Waals surface area (Å²) in [4.78, 5) is 20.6. The summed E-state index contributed by atoms with van der Waals surface area (Å²) in [5.41, 5.74) is 2.78. The number of rotatable bonds is 9. The van der Waals surface area contributed by atoms with Crippen molar-refractivity contribution in [3.05, 3.63) is 35.4 Å². The van der Waals surface area contributed by atoms with Gasteiger partial charge in [-0.2, -0.15) is 0 Å². The van der Waals surface area contributed by atoms with E-state index in [-0.39, 0.29) is 29.9 Å². The maximum Gasteiger partial charge on any atom is 0.236 e. The molecule has 1 aromatic carbocycles. The first-order valence-corrected chi connectivity index (χ1v) is 11.4. The molecule has 0 saturated carbocycles. The van der Waals surface area contributed by atoms with Gasteiger partial charge in [-0.1, -0.05) is 38.1 Å². The zero-order valence-electron chi connectivity index (χ0n) is 20.0. The topological polar surface area (TPSA) is 60.0 Å². The van der Waals surface area contributed by atoms with Crippen LogP contribution in [0.1, 0.15) is 57.1 Å². The molecule has 1 fully saturated rings. The highest BCUT2D eigenvalue weighted by atomic mass is 127. The summed E-state index contributed by atoms with van der Waals surface area (Å²) in [5, 5.41) is 6.96. The first-order chi connectivity index (χ1) is 14.4. The highest BCUT2D eigenvalue weighted by molar-refractivity contribution is 14.0.